The van der Waals surface area contributed by atoms with Crippen LogP contribution in [-0.2, 0) is 6.54 Å². The second-order valence-electron chi connectivity index (χ2n) is 3.09. The van der Waals surface area contributed by atoms with E-state index in [9.17, 15) is 10.1 Å². The van der Waals surface area contributed by atoms with Gasteiger partial charge < -0.3 is 11.1 Å². The van der Waals surface area contributed by atoms with Crippen molar-refractivity contribution in [2.45, 2.75) is 6.54 Å². The Morgan fingerprint density at radius 3 is 2.93 bits per heavy atom. The summed E-state index contributed by atoms with van der Waals surface area (Å²) < 4.78 is 0. The normalized spacial score (nSPS) is 9.67. The molecule has 3 N–H and O–H groups in total. The van der Waals surface area contributed by atoms with Crippen molar-refractivity contribution in [1.29, 1.82) is 0 Å². The SMILES string of the molecule is C=C(CN)NCc1cccc([N+](=O)[O-])c1. The lowest BCUT2D eigenvalue weighted by Crippen LogP contribution is -2.18. The summed E-state index contributed by atoms with van der Waals surface area (Å²) in [6.07, 6.45) is 0. The van der Waals surface area contributed by atoms with Crippen LogP contribution in [0.5, 0.6) is 0 Å². The van der Waals surface area contributed by atoms with E-state index in [2.05, 4.69) is 11.9 Å². The van der Waals surface area contributed by atoms with Crippen molar-refractivity contribution in [1.82, 2.24) is 5.32 Å². The summed E-state index contributed by atoms with van der Waals surface area (Å²) in [7, 11) is 0. The quantitative estimate of drug-likeness (QED) is 0.560. The Balaban J connectivity index is 2.66. The predicted molar refractivity (Wildman–Crippen MR) is 58.1 cm³/mol. The second kappa shape index (κ2) is 5.11. The van der Waals surface area contributed by atoms with E-state index in [0.29, 0.717) is 18.8 Å². The monoisotopic (exact) mass is 207 g/mol. The van der Waals surface area contributed by atoms with Crippen molar-refractivity contribution >= 4 is 5.69 Å². The molecule has 0 amide bonds. The maximum Gasteiger partial charge on any atom is 0.269 e. The molecule has 0 heterocycles. The maximum atomic E-state index is 10.5. The summed E-state index contributed by atoms with van der Waals surface area (Å²) in [6, 6.07) is 6.45. The number of nitrogens with two attached hydrogens (primary N) is 1. The third kappa shape index (κ3) is 3.40. The van der Waals surface area contributed by atoms with E-state index in [1.165, 1.54) is 12.1 Å². The lowest BCUT2D eigenvalue weighted by Gasteiger charge is -2.06. The lowest BCUT2D eigenvalue weighted by molar-refractivity contribution is -0.384. The smallest absolute Gasteiger partial charge is 0.269 e. The number of nitrogens with zero attached hydrogens (tertiary/aromatic N) is 1. The van der Waals surface area contributed by atoms with Crippen LogP contribution in [0.2, 0.25) is 0 Å². The van der Waals surface area contributed by atoms with E-state index in [4.69, 9.17) is 5.73 Å². The van der Waals surface area contributed by atoms with Crippen LogP contribution < -0.4 is 11.1 Å². The van der Waals surface area contributed by atoms with Gasteiger partial charge in [-0.05, 0) is 5.56 Å². The standard InChI is InChI=1S/C10H13N3O2/c1-8(6-11)12-7-9-3-2-4-10(5-9)13(14)15/h2-5,12H,1,6-7,11H2. The van der Waals surface area contributed by atoms with Crippen LogP contribution in [0.25, 0.3) is 0 Å². The van der Waals surface area contributed by atoms with Gasteiger partial charge >= 0.3 is 0 Å². The van der Waals surface area contributed by atoms with Crippen LogP contribution in [0.15, 0.2) is 36.5 Å². The Hall–Kier alpha value is -1.88. The van der Waals surface area contributed by atoms with Crippen molar-refractivity contribution in [3.05, 3.63) is 52.2 Å². The highest BCUT2D eigenvalue weighted by Gasteiger charge is 2.04. The summed E-state index contributed by atoms with van der Waals surface area (Å²) in [5, 5.41) is 13.5. The fourth-order valence-electron chi connectivity index (χ4n) is 1.08. The third-order valence-corrected chi connectivity index (χ3v) is 1.91. The molecule has 1 aromatic carbocycles. The summed E-state index contributed by atoms with van der Waals surface area (Å²) in [5.41, 5.74) is 6.98. The van der Waals surface area contributed by atoms with Crippen LogP contribution >= 0.6 is 0 Å². The first-order chi connectivity index (χ1) is 7.13. The summed E-state index contributed by atoms with van der Waals surface area (Å²) in [4.78, 5) is 10.1. The lowest BCUT2D eigenvalue weighted by atomic mass is 10.2. The van der Waals surface area contributed by atoms with E-state index in [1.54, 1.807) is 6.07 Å². The highest BCUT2D eigenvalue weighted by molar-refractivity contribution is 5.34. The molecule has 0 saturated heterocycles. The van der Waals surface area contributed by atoms with Gasteiger partial charge in [0.15, 0.2) is 0 Å². The Morgan fingerprint density at radius 2 is 2.33 bits per heavy atom. The summed E-state index contributed by atoms with van der Waals surface area (Å²) in [6.45, 7) is 4.53. The average molecular weight is 207 g/mol. The highest BCUT2D eigenvalue weighted by Crippen LogP contribution is 2.12. The highest BCUT2D eigenvalue weighted by atomic mass is 16.6. The molecular weight excluding hydrogens is 194 g/mol. The summed E-state index contributed by atoms with van der Waals surface area (Å²) >= 11 is 0. The fourth-order valence-corrected chi connectivity index (χ4v) is 1.08. The van der Waals surface area contributed by atoms with Crippen LogP contribution in [0.1, 0.15) is 5.56 Å². The average Bonchev–Trinajstić information content (AvgIpc) is 2.26. The zero-order valence-corrected chi connectivity index (χ0v) is 8.27. The Kier molecular flexibility index (Phi) is 3.82. The molecule has 1 rings (SSSR count). The Bertz CT molecular complexity index is 377. The molecule has 0 unspecified atom stereocenters. The minimum absolute atomic E-state index is 0.0904. The molecule has 0 aromatic heterocycles. The van der Waals surface area contributed by atoms with Gasteiger partial charge in [-0.15, -0.1) is 0 Å². The number of nitrogens with one attached hydrogen (secondary N) is 1. The number of rotatable bonds is 5. The minimum Gasteiger partial charge on any atom is -0.384 e. The van der Waals surface area contributed by atoms with E-state index in [-0.39, 0.29) is 5.69 Å². The molecule has 5 heteroatoms. The van der Waals surface area contributed by atoms with Gasteiger partial charge in [0.1, 0.15) is 0 Å². The number of hydrogen-bond donors (Lipinski definition) is 2. The molecule has 5 nitrogen and oxygen atoms in total. The molecule has 0 fully saturated rings. The Morgan fingerprint density at radius 1 is 1.60 bits per heavy atom. The van der Waals surface area contributed by atoms with Gasteiger partial charge in [0.05, 0.1) is 4.92 Å². The van der Waals surface area contributed by atoms with Crippen molar-refractivity contribution in [2.75, 3.05) is 6.54 Å². The molecule has 15 heavy (non-hydrogen) atoms. The molecular formula is C10H13N3O2. The van der Waals surface area contributed by atoms with Crippen molar-refractivity contribution in [3.63, 3.8) is 0 Å². The molecule has 1 aromatic rings. The van der Waals surface area contributed by atoms with Gasteiger partial charge in [-0.2, -0.15) is 0 Å². The molecule has 80 valence electrons. The molecule has 0 radical (unpaired) electrons. The molecule has 0 aliphatic rings. The zero-order chi connectivity index (χ0) is 11.3. The van der Waals surface area contributed by atoms with Crippen LogP contribution in [0, 0.1) is 10.1 Å². The second-order valence-corrected chi connectivity index (χ2v) is 3.09. The van der Waals surface area contributed by atoms with Gasteiger partial charge in [-0.1, -0.05) is 18.7 Å². The van der Waals surface area contributed by atoms with Crippen molar-refractivity contribution in [3.8, 4) is 0 Å². The minimum atomic E-state index is -0.415. The molecule has 0 aliphatic carbocycles. The topological polar surface area (TPSA) is 81.2 Å². The predicted octanol–water partition coefficient (Wildman–Crippen LogP) is 1.16. The Labute approximate surface area is 87.7 Å². The molecule has 0 spiro atoms. The van der Waals surface area contributed by atoms with E-state index < -0.39 is 4.92 Å². The number of non-ortho nitro benzene ring substituents is 1. The zero-order valence-electron chi connectivity index (χ0n) is 8.27. The van der Waals surface area contributed by atoms with E-state index in [0.717, 1.165) is 5.56 Å². The molecule has 0 atom stereocenters. The number of nitro benzene ring substituents is 1. The number of benzene rings is 1. The van der Waals surface area contributed by atoms with E-state index in [1.807, 2.05) is 6.07 Å². The molecule has 0 saturated carbocycles. The molecule has 0 bridgehead atoms. The van der Waals surface area contributed by atoms with Gasteiger partial charge in [0, 0.05) is 30.9 Å². The maximum absolute atomic E-state index is 10.5. The van der Waals surface area contributed by atoms with Crippen LogP contribution in [0.3, 0.4) is 0 Å². The van der Waals surface area contributed by atoms with Crippen LogP contribution in [0.4, 0.5) is 5.69 Å². The van der Waals surface area contributed by atoms with Gasteiger partial charge in [-0.3, -0.25) is 10.1 Å². The van der Waals surface area contributed by atoms with Gasteiger partial charge in [-0.25, -0.2) is 0 Å². The summed E-state index contributed by atoms with van der Waals surface area (Å²) in [5.74, 6) is 0. The number of hydrogen-bond acceptors (Lipinski definition) is 4. The van der Waals surface area contributed by atoms with Crippen molar-refractivity contribution in [2.24, 2.45) is 5.73 Å². The number of nitro groups is 1. The van der Waals surface area contributed by atoms with Crippen LogP contribution in [-0.4, -0.2) is 11.5 Å². The first-order valence-electron chi connectivity index (χ1n) is 4.48. The van der Waals surface area contributed by atoms with Gasteiger partial charge in [0.2, 0.25) is 0 Å². The van der Waals surface area contributed by atoms with Crippen molar-refractivity contribution < 1.29 is 4.92 Å². The largest absolute Gasteiger partial charge is 0.384 e. The fraction of sp³-hybridized carbons (Fsp3) is 0.200. The first-order valence-corrected chi connectivity index (χ1v) is 4.48. The van der Waals surface area contributed by atoms with Gasteiger partial charge in [0.25, 0.3) is 5.69 Å². The third-order valence-electron chi connectivity index (χ3n) is 1.91. The molecule has 0 aliphatic heterocycles. The first kappa shape index (κ1) is 11.2. The van der Waals surface area contributed by atoms with E-state index >= 15 is 0 Å².